The molecule has 2 aromatic carbocycles. The summed E-state index contributed by atoms with van der Waals surface area (Å²) in [5.74, 6) is 0.389. The Morgan fingerprint density at radius 1 is 1.05 bits per heavy atom. The van der Waals surface area contributed by atoms with Crippen LogP contribution in [-0.4, -0.2) is 9.97 Å². The van der Waals surface area contributed by atoms with Crippen LogP contribution in [0.3, 0.4) is 0 Å². The van der Waals surface area contributed by atoms with Gasteiger partial charge in [-0.25, -0.2) is 14.4 Å². The largest absolute Gasteiger partial charge is 0.365 e. The SMILES string of the molecule is Fc1cccc(CNc2nc(Cl)nc3ccccc23)c1. The van der Waals surface area contributed by atoms with Crippen molar-refractivity contribution < 1.29 is 4.39 Å². The van der Waals surface area contributed by atoms with E-state index in [1.165, 1.54) is 12.1 Å². The first-order chi connectivity index (χ1) is 9.72. The molecule has 100 valence electrons. The lowest BCUT2D eigenvalue weighted by Gasteiger charge is -2.09. The lowest BCUT2D eigenvalue weighted by Crippen LogP contribution is -2.03. The highest BCUT2D eigenvalue weighted by Crippen LogP contribution is 2.22. The number of nitrogens with one attached hydrogen (secondary N) is 1. The van der Waals surface area contributed by atoms with Crippen molar-refractivity contribution in [1.82, 2.24) is 9.97 Å². The van der Waals surface area contributed by atoms with Crippen LogP contribution in [0.25, 0.3) is 10.9 Å². The highest BCUT2D eigenvalue weighted by Gasteiger charge is 2.06. The van der Waals surface area contributed by atoms with Crippen molar-refractivity contribution in [1.29, 1.82) is 0 Å². The molecular weight excluding hydrogens is 277 g/mol. The van der Waals surface area contributed by atoms with Gasteiger partial charge >= 0.3 is 0 Å². The van der Waals surface area contributed by atoms with Crippen molar-refractivity contribution in [3.8, 4) is 0 Å². The van der Waals surface area contributed by atoms with Gasteiger partial charge in [0.2, 0.25) is 5.28 Å². The second-order valence-corrected chi connectivity index (χ2v) is 4.68. The molecule has 0 radical (unpaired) electrons. The number of para-hydroxylation sites is 1. The Hall–Kier alpha value is -2.20. The van der Waals surface area contributed by atoms with Gasteiger partial charge in [0.15, 0.2) is 0 Å². The molecule has 3 aromatic rings. The zero-order chi connectivity index (χ0) is 13.9. The summed E-state index contributed by atoms with van der Waals surface area (Å²) in [4.78, 5) is 8.35. The van der Waals surface area contributed by atoms with E-state index in [1.54, 1.807) is 6.07 Å². The number of hydrogen-bond acceptors (Lipinski definition) is 3. The molecule has 3 rings (SSSR count). The van der Waals surface area contributed by atoms with E-state index in [4.69, 9.17) is 11.6 Å². The third kappa shape index (κ3) is 2.70. The number of aromatic nitrogens is 2. The van der Waals surface area contributed by atoms with Crippen LogP contribution in [0, 0.1) is 5.82 Å². The maximum Gasteiger partial charge on any atom is 0.224 e. The molecule has 20 heavy (non-hydrogen) atoms. The minimum atomic E-state index is -0.255. The Balaban J connectivity index is 1.91. The van der Waals surface area contributed by atoms with Crippen LogP contribution in [0.5, 0.6) is 0 Å². The molecule has 1 heterocycles. The average molecular weight is 288 g/mol. The number of nitrogens with zero attached hydrogens (tertiary/aromatic N) is 2. The van der Waals surface area contributed by atoms with E-state index in [1.807, 2.05) is 30.3 Å². The average Bonchev–Trinajstić information content (AvgIpc) is 2.44. The van der Waals surface area contributed by atoms with Crippen LogP contribution in [-0.2, 0) is 6.54 Å². The number of benzene rings is 2. The molecule has 0 spiro atoms. The van der Waals surface area contributed by atoms with Crippen LogP contribution in [0.1, 0.15) is 5.56 Å². The van der Waals surface area contributed by atoms with Gasteiger partial charge in [0.05, 0.1) is 5.52 Å². The summed E-state index contributed by atoms with van der Waals surface area (Å²) in [5.41, 5.74) is 1.61. The van der Waals surface area contributed by atoms with Gasteiger partial charge < -0.3 is 5.32 Å². The van der Waals surface area contributed by atoms with Crippen LogP contribution in [0.15, 0.2) is 48.5 Å². The van der Waals surface area contributed by atoms with Crippen LogP contribution >= 0.6 is 11.6 Å². The molecule has 5 heteroatoms. The fourth-order valence-corrected chi connectivity index (χ4v) is 2.19. The minimum absolute atomic E-state index is 0.186. The minimum Gasteiger partial charge on any atom is -0.365 e. The molecule has 0 aliphatic heterocycles. The summed E-state index contributed by atoms with van der Waals surface area (Å²) < 4.78 is 13.1. The summed E-state index contributed by atoms with van der Waals surface area (Å²) in [6, 6.07) is 14.0. The smallest absolute Gasteiger partial charge is 0.224 e. The number of anilines is 1. The van der Waals surface area contributed by atoms with Gasteiger partial charge in [-0.1, -0.05) is 24.3 Å². The van der Waals surface area contributed by atoms with Gasteiger partial charge in [-0.05, 0) is 41.4 Å². The van der Waals surface area contributed by atoms with E-state index in [0.29, 0.717) is 12.4 Å². The number of hydrogen-bond donors (Lipinski definition) is 1. The lowest BCUT2D eigenvalue weighted by molar-refractivity contribution is 0.626. The second kappa shape index (κ2) is 5.43. The monoisotopic (exact) mass is 287 g/mol. The Bertz CT molecular complexity index is 761. The number of halogens is 2. The highest BCUT2D eigenvalue weighted by atomic mass is 35.5. The summed E-state index contributed by atoms with van der Waals surface area (Å²) in [6.07, 6.45) is 0. The van der Waals surface area contributed by atoms with E-state index in [9.17, 15) is 4.39 Å². The number of fused-ring (bicyclic) bond motifs is 1. The highest BCUT2D eigenvalue weighted by molar-refractivity contribution is 6.28. The summed E-state index contributed by atoms with van der Waals surface area (Å²) in [7, 11) is 0. The standard InChI is InChI=1S/C15H11ClFN3/c16-15-19-13-7-2-1-6-12(13)14(20-15)18-9-10-4-3-5-11(17)8-10/h1-8H,9H2,(H,18,19,20). The zero-order valence-electron chi connectivity index (χ0n) is 10.5. The first-order valence-corrected chi connectivity index (χ1v) is 6.51. The fraction of sp³-hybridized carbons (Fsp3) is 0.0667. The van der Waals surface area contributed by atoms with Gasteiger partial charge in [0, 0.05) is 11.9 Å². The molecule has 0 aliphatic rings. The van der Waals surface area contributed by atoms with E-state index in [-0.39, 0.29) is 11.1 Å². The third-order valence-corrected chi connectivity index (χ3v) is 3.09. The van der Waals surface area contributed by atoms with Crippen LogP contribution < -0.4 is 5.32 Å². The van der Waals surface area contributed by atoms with Gasteiger partial charge in [0.1, 0.15) is 11.6 Å². The van der Waals surface area contributed by atoms with Gasteiger partial charge in [-0.2, -0.15) is 0 Å². The molecule has 1 aromatic heterocycles. The molecule has 0 unspecified atom stereocenters. The predicted molar refractivity (Wildman–Crippen MR) is 78.3 cm³/mol. The van der Waals surface area contributed by atoms with Crippen LogP contribution in [0.2, 0.25) is 5.28 Å². The molecule has 0 saturated carbocycles. The van der Waals surface area contributed by atoms with Crippen LogP contribution in [0.4, 0.5) is 10.2 Å². The molecule has 0 bridgehead atoms. The first-order valence-electron chi connectivity index (χ1n) is 6.13. The number of rotatable bonds is 3. The Morgan fingerprint density at radius 2 is 1.90 bits per heavy atom. The van der Waals surface area contributed by atoms with Crippen molar-refractivity contribution in [2.24, 2.45) is 0 Å². The fourth-order valence-electron chi connectivity index (χ4n) is 2.02. The molecule has 0 aliphatic carbocycles. The summed E-state index contributed by atoms with van der Waals surface area (Å²) in [6.45, 7) is 0.467. The summed E-state index contributed by atoms with van der Waals surface area (Å²) >= 11 is 5.91. The molecule has 1 N–H and O–H groups in total. The van der Waals surface area contributed by atoms with E-state index >= 15 is 0 Å². The topological polar surface area (TPSA) is 37.8 Å². The first kappa shape index (κ1) is 12.8. The molecule has 0 amide bonds. The van der Waals surface area contributed by atoms with Crippen molar-refractivity contribution >= 4 is 28.3 Å². The molecule has 0 atom stereocenters. The maximum atomic E-state index is 13.1. The van der Waals surface area contributed by atoms with Crippen molar-refractivity contribution in [3.05, 3.63) is 65.2 Å². The quantitative estimate of drug-likeness (QED) is 0.739. The van der Waals surface area contributed by atoms with Crippen molar-refractivity contribution in [2.75, 3.05) is 5.32 Å². The second-order valence-electron chi connectivity index (χ2n) is 4.34. The lowest BCUT2D eigenvalue weighted by atomic mass is 10.2. The Morgan fingerprint density at radius 3 is 2.75 bits per heavy atom. The molecule has 3 nitrogen and oxygen atoms in total. The predicted octanol–water partition coefficient (Wildman–Crippen LogP) is 4.03. The molecule has 0 saturated heterocycles. The van der Waals surface area contributed by atoms with Crippen molar-refractivity contribution in [2.45, 2.75) is 6.54 Å². The maximum absolute atomic E-state index is 13.1. The van der Waals surface area contributed by atoms with E-state index in [2.05, 4.69) is 15.3 Å². The summed E-state index contributed by atoms with van der Waals surface area (Å²) in [5, 5.41) is 4.24. The third-order valence-electron chi connectivity index (χ3n) is 2.92. The molecular formula is C15H11ClFN3. The van der Waals surface area contributed by atoms with Gasteiger partial charge in [-0.15, -0.1) is 0 Å². The Labute approximate surface area is 120 Å². The molecule has 0 fully saturated rings. The van der Waals surface area contributed by atoms with Gasteiger partial charge in [-0.3, -0.25) is 0 Å². The zero-order valence-corrected chi connectivity index (χ0v) is 11.2. The van der Waals surface area contributed by atoms with Gasteiger partial charge in [0.25, 0.3) is 0 Å². The van der Waals surface area contributed by atoms with E-state index < -0.39 is 0 Å². The normalized spacial score (nSPS) is 10.7. The van der Waals surface area contributed by atoms with Crippen molar-refractivity contribution in [3.63, 3.8) is 0 Å². The van der Waals surface area contributed by atoms with E-state index in [0.717, 1.165) is 16.5 Å². The Kier molecular flexibility index (Phi) is 3.48.